The summed E-state index contributed by atoms with van der Waals surface area (Å²) in [5.74, 6) is 0.331. The van der Waals surface area contributed by atoms with E-state index in [1.54, 1.807) is 0 Å². The van der Waals surface area contributed by atoms with Gasteiger partial charge in [0.25, 0.3) is 0 Å². The number of rotatable bonds is 8. The quantitative estimate of drug-likeness (QED) is 0.694. The summed E-state index contributed by atoms with van der Waals surface area (Å²) in [5.41, 5.74) is -0.278. The Morgan fingerprint density at radius 3 is 2.57 bits per heavy atom. The monoisotopic (exact) mass is 298 g/mol. The third-order valence-corrected chi connectivity index (χ3v) is 4.11. The van der Waals surface area contributed by atoms with Crippen molar-refractivity contribution in [3.63, 3.8) is 0 Å². The Hall–Kier alpha value is -1.10. The maximum Gasteiger partial charge on any atom is 0.307 e. The first-order valence-electron chi connectivity index (χ1n) is 8.02. The molecule has 1 aliphatic heterocycles. The molecule has 0 aromatic heterocycles. The minimum atomic E-state index is -0.278. The standard InChI is InChI=1S/C16H30N2O3/c1-5-7-16(8-9-17-12-16)15(20)18(11-13(2)3)10-6-14(19)21-4/h13,17H,5-12H2,1-4H3. The van der Waals surface area contributed by atoms with Crippen LogP contribution in [0.15, 0.2) is 0 Å². The normalized spacial score (nSPS) is 21.6. The summed E-state index contributed by atoms with van der Waals surface area (Å²) in [6, 6.07) is 0. The van der Waals surface area contributed by atoms with Crippen LogP contribution in [0.5, 0.6) is 0 Å². The lowest BCUT2D eigenvalue weighted by atomic mass is 9.81. The maximum atomic E-state index is 13.0. The molecule has 0 spiro atoms. The van der Waals surface area contributed by atoms with Crippen molar-refractivity contribution in [3.05, 3.63) is 0 Å². The minimum Gasteiger partial charge on any atom is -0.469 e. The number of nitrogens with zero attached hydrogens (tertiary/aromatic N) is 1. The van der Waals surface area contributed by atoms with Crippen molar-refractivity contribution in [2.24, 2.45) is 11.3 Å². The average molecular weight is 298 g/mol. The third kappa shape index (κ3) is 4.99. The summed E-state index contributed by atoms with van der Waals surface area (Å²) in [4.78, 5) is 26.3. The van der Waals surface area contributed by atoms with Gasteiger partial charge in [0, 0.05) is 19.6 Å². The number of methoxy groups -OCH3 is 1. The van der Waals surface area contributed by atoms with Crippen LogP contribution in [0.25, 0.3) is 0 Å². The molecular formula is C16H30N2O3. The van der Waals surface area contributed by atoms with Gasteiger partial charge in [-0.2, -0.15) is 0 Å². The van der Waals surface area contributed by atoms with E-state index in [9.17, 15) is 9.59 Å². The topological polar surface area (TPSA) is 58.6 Å². The van der Waals surface area contributed by atoms with Crippen molar-refractivity contribution in [2.75, 3.05) is 33.3 Å². The van der Waals surface area contributed by atoms with Gasteiger partial charge in [-0.05, 0) is 25.3 Å². The van der Waals surface area contributed by atoms with Gasteiger partial charge in [0.15, 0.2) is 0 Å². The first-order chi connectivity index (χ1) is 9.95. The molecule has 1 unspecified atom stereocenters. The van der Waals surface area contributed by atoms with E-state index < -0.39 is 0 Å². The molecule has 1 saturated heterocycles. The molecule has 1 aliphatic rings. The molecule has 1 atom stereocenters. The smallest absolute Gasteiger partial charge is 0.307 e. The second-order valence-electron chi connectivity index (χ2n) is 6.43. The zero-order valence-corrected chi connectivity index (χ0v) is 13.9. The molecule has 0 aromatic carbocycles. The summed E-state index contributed by atoms with van der Waals surface area (Å²) in [5, 5.41) is 3.32. The molecule has 122 valence electrons. The number of esters is 1. The molecule has 1 rings (SSSR count). The molecule has 1 fully saturated rings. The predicted molar refractivity (Wildman–Crippen MR) is 82.9 cm³/mol. The lowest BCUT2D eigenvalue weighted by Crippen LogP contribution is -2.47. The molecule has 1 amide bonds. The molecular weight excluding hydrogens is 268 g/mol. The van der Waals surface area contributed by atoms with Crippen LogP contribution in [0.3, 0.4) is 0 Å². The highest BCUT2D eigenvalue weighted by atomic mass is 16.5. The Balaban J connectivity index is 2.79. The fourth-order valence-electron chi connectivity index (χ4n) is 3.11. The predicted octanol–water partition coefficient (Wildman–Crippen LogP) is 1.81. The first kappa shape index (κ1) is 18.0. The minimum absolute atomic E-state index is 0.201. The van der Waals surface area contributed by atoms with Crippen LogP contribution in [0.2, 0.25) is 0 Å². The van der Waals surface area contributed by atoms with Gasteiger partial charge in [-0.1, -0.05) is 27.2 Å². The molecule has 0 radical (unpaired) electrons. The van der Waals surface area contributed by atoms with E-state index in [-0.39, 0.29) is 23.7 Å². The van der Waals surface area contributed by atoms with Crippen LogP contribution < -0.4 is 5.32 Å². The summed E-state index contributed by atoms with van der Waals surface area (Å²) >= 11 is 0. The van der Waals surface area contributed by atoms with Crippen molar-refractivity contribution < 1.29 is 14.3 Å². The van der Waals surface area contributed by atoms with Gasteiger partial charge < -0.3 is 15.0 Å². The highest BCUT2D eigenvalue weighted by Crippen LogP contribution is 2.33. The molecule has 5 nitrogen and oxygen atoms in total. The zero-order valence-electron chi connectivity index (χ0n) is 13.9. The van der Waals surface area contributed by atoms with Gasteiger partial charge in [0.05, 0.1) is 18.9 Å². The Labute approximate surface area is 128 Å². The molecule has 0 aromatic rings. The number of hydrogen-bond acceptors (Lipinski definition) is 4. The van der Waals surface area contributed by atoms with Crippen LogP contribution in [0, 0.1) is 11.3 Å². The molecule has 5 heteroatoms. The lowest BCUT2D eigenvalue weighted by Gasteiger charge is -2.34. The van der Waals surface area contributed by atoms with E-state index in [2.05, 4.69) is 26.1 Å². The summed E-state index contributed by atoms with van der Waals surface area (Å²) in [6.07, 6.45) is 3.07. The Morgan fingerprint density at radius 2 is 2.10 bits per heavy atom. The molecule has 1 N–H and O–H groups in total. The molecule has 21 heavy (non-hydrogen) atoms. The largest absolute Gasteiger partial charge is 0.469 e. The number of hydrogen-bond donors (Lipinski definition) is 1. The zero-order chi connectivity index (χ0) is 15.9. The maximum absolute atomic E-state index is 13.0. The SMILES string of the molecule is CCCC1(C(=O)N(CCC(=O)OC)CC(C)C)CCNC1. The molecule has 0 saturated carbocycles. The first-order valence-corrected chi connectivity index (χ1v) is 8.02. The third-order valence-electron chi connectivity index (χ3n) is 4.11. The summed E-state index contributed by atoms with van der Waals surface area (Å²) < 4.78 is 4.69. The van der Waals surface area contributed by atoms with Crippen LogP contribution in [0.1, 0.15) is 46.5 Å². The number of carbonyl (C=O) groups is 2. The van der Waals surface area contributed by atoms with Crippen LogP contribution in [-0.2, 0) is 14.3 Å². The molecule has 1 heterocycles. The highest BCUT2D eigenvalue weighted by Gasteiger charge is 2.42. The van der Waals surface area contributed by atoms with E-state index in [0.717, 1.165) is 32.4 Å². The van der Waals surface area contributed by atoms with Crippen molar-refractivity contribution in [3.8, 4) is 0 Å². The van der Waals surface area contributed by atoms with Crippen molar-refractivity contribution >= 4 is 11.9 Å². The summed E-state index contributed by atoms with van der Waals surface area (Å²) in [6.45, 7) is 9.12. The highest BCUT2D eigenvalue weighted by molar-refractivity contribution is 5.84. The average Bonchev–Trinajstić information content (AvgIpc) is 2.92. The van der Waals surface area contributed by atoms with E-state index in [1.807, 2.05) is 4.90 Å². The van der Waals surface area contributed by atoms with Crippen LogP contribution in [-0.4, -0.2) is 50.1 Å². The number of ether oxygens (including phenoxy) is 1. The van der Waals surface area contributed by atoms with Crippen molar-refractivity contribution in [1.82, 2.24) is 10.2 Å². The Morgan fingerprint density at radius 1 is 1.38 bits per heavy atom. The number of amides is 1. The number of carbonyl (C=O) groups excluding carboxylic acids is 2. The van der Waals surface area contributed by atoms with Gasteiger partial charge in [-0.3, -0.25) is 9.59 Å². The Bertz CT molecular complexity index is 349. The second kappa shape index (κ2) is 8.37. The van der Waals surface area contributed by atoms with Crippen molar-refractivity contribution in [2.45, 2.75) is 46.5 Å². The van der Waals surface area contributed by atoms with E-state index in [4.69, 9.17) is 4.74 Å². The van der Waals surface area contributed by atoms with E-state index in [1.165, 1.54) is 7.11 Å². The van der Waals surface area contributed by atoms with Gasteiger partial charge in [-0.15, -0.1) is 0 Å². The van der Waals surface area contributed by atoms with Gasteiger partial charge in [0.2, 0.25) is 5.91 Å². The van der Waals surface area contributed by atoms with Gasteiger partial charge >= 0.3 is 5.97 Å². The van der Waals surface area contributed by atoms with E-state index >= 15 is 0 Å². The number of nitrogens with one attached hydrogen (secondary N) is 1. The second-order valence-corrected chi connectivity index (χ2v) is 6.43. The molecule has 0 aliphatic carbocycles. The van der Waals surface area contributed by atoms with Gasteiger partial charge in [-0.25, -0.2) is 0 Å². The fourth-order valence-corrected chi connectivity index (χ4v) is 3.11. The Kier molecular flexibility index (Phi) is 7.15. The van der Waals surface area contributed by atoms with E-state index in [0.29, 0.717) is 19.0 Å². The fraction of sp³-hybridized carbons (Fsp3) is 0.875. The van der Waals surface area contributed by atoms with Gasteiger partial charge in [0.1, 0.15) is 0 Å². The summed E-state index contributed by atoms with van der Waals surface area (Å²) in [7, 11) is 1.39. The van der Waals surface area contributed by atoms with Crippen LogP contribution in [0.4, 0.5) is 0 Å². The molecule has 0 bridgehead atoms. The van der Waals surface area contributed by atoms with Crippen molar-refractivity contribution in [1.29, 1.82) is 0 Å². The van der Waals surface area contributed by atoms with Crippen LogP contribution >= 0.6 is 0 Å². The lowest BCUT2D eigenvalue weighted by molar-refractivity contribution is -0.145.